The second-order valence-electron chi connectivity index (χ2n) is 4.94. The van der Waals surface area contributed by atoms with E-state index >= 15 is 0 Å². The highest BCUT2D eigenvalue weighted by Crippen LogP contribution is 2.47. The van der Waals surface area contributed by atoms with Crippen molar-refractivity contribution in [1.82, 2.24) is 0 Å². The van der Waals surface area contributed by atoms with Crippen LogP contribution >= 0.6 is 11.6 Å². The van der Waals surface area contributed by atoms with E-state index in [4.69, 9.17) is 16.0 Å². The fourth-order valence-corrected chi connectivity index (χ4v) is 2.18. The van der Waals surface area contributed by atoms with Crippen LogP contribution in [-0.2, 0) is 0 Å². The number of furan rings is 1. The molecule has 0 radical (unpaired) electrons. The van der Waals surface area contributed by atoms with Crippen molar-refractivity contribution >= 4 is 23.5 Å². The van der Waals surface area contributed by atoms with Crippen molar-refractivity contribution in [1.29, 1.82) is 0 Å². The number of anilines is 1. The lowest BCUT2D eigenvalue weighted by atomic mass is 10.3. The second kappa shape index (κ2) is 5.10. The molecule has 2 atom stereocenters. The van der Waals surface area contributed by atoms with E-state index < -0.39 is 0 Å². The highest BCUT2D eigenvalue weighted by Gasteiger charge is 2.36. The van der Waals surface area contributed by atoms with Crippen LogP contribution in [0, 0.1) is 5.92 Å². The minimum atomic E-state index is 0.603. The quantitative estimate of drug-likeness (QED) is 0.658. The van der Waals surface area contributed by atoms with Gasteiger partial charge in [0.25, 0.3) is 0 Å². The lowest BCUT2D eigenvalue weighted by Gasteiger charge is -1.98. The average molecular weight is 275 g/mol. The Labute approximate surface area is 117 Å². The van der Waals surface area contributed by atoms with Gasteiger partial charge in [-0.05, 0) is 48.7 Å². The number of hydrogen-bond acceptors (Lipinski definition) is 3. The van der Waals surface area contributed by atoms with Gasteiger partial charge in [-0.2, -0.15) is 5.10 Å². The largest absolute Gasteiger partial charge is 0.460 e. The van der Waals surface area contributed by atoms with Gasteiger partial charge in [0.15, 0.2) is 0 Å². The molecule has 4 heteroatoms. The van der Waals surface area contributed by atoms with Crippen molar-refractivity contribution in [2.45, 2.75) is 19.3 Å². The van der Waals surface area contributed by atoms with Crippen LogP contribution in [0.15, 0.2) is 45.9 Å². The molecule has 1 aromatic heterocycles. The van der Waals surface area contributed by atoms with Gasteiger partial charge < -0.3 is 4.42 Å². The Morgan fingerprint density at radius 3 is 2.68 bits per heavy atom. The van der Waals surface area contributed by atoms with Crippen LogP contribution < -0.4 is 5.43 Å². The molecule has 2 aromatic rings. The Morgan fingerprint density at radius 1 is 1.26 bits per heavy atom. The zero-order valence-electron chi connectivity index (χ0n) is 10.6. The summed E-state index contributed by atoms with van der Waals surface area (Å²) < 4.78 is 5.72. The maximum Gasteiger partial charge on any atom is 0.147 e. The number of hydrogen-bond donors (Lipinski definition) is 1. The van der Waals surface area contributed by atoms with Crippen LogP contribution in [0.5, 0.6) is 0 Å². The maximum atomic E-state index is 5.81. The highest BCUT2D eigenvalue weighted by atomic mass is 35.5. The minimum Gasteiger partial charge on any atom is -0.460 e. The third kappa shape index (κ3) is 2.99. The normalized spacial score (nSPS) is 21.8. The maximum absolute atomic E-state index is 5.81. The monoisotopic (exact) mass is 274 g/mol. The first kappa shape index (κ1) is 12.3. The summed E-state index contributed by atoms with van der Waals surface area (Å²) in [6.07, 6.45) is 2.91. The summed E-state index contributed by atoms with van der Waals surface area (Å²) in [6.45, 7) is 2.24. The molecule has 98 valence electrons. The van der Waals surface area contributed by atoms with E-state index in [1.54, 1.807) is 6.21 Å². The Hall–Kier alpha value is -1.74. The van der Waals surface area contributed by atoms with Crippen molar-refractivity contribution in [3.05, 3.63) is 52.9 Å². The van der Waals surface area contributed by atoms with E-state index in [9.17, 15) is 0 Å². The summed E-state index contributed by atoms with van der Waals surface area (Å²) in [5, 5.41) is 4.85. The van der Waals surface area contributed by atoms with Crippen LogP contribution in [0.25, 0.3) is 0 Å². The third-order valence-corrected chi connectivity index (χ3v) is 3.60. The molecular weight excluding hydrogens is 260 g/mol. The fourth-order valence-electron chi connectivity index (χ4n) is 2.05. The Morgan fingerprint density at radius 2 is 2.00 bits per heavy atom. The van der Waals surface area contributed by atoms with Crippen LogP contribution in [0.2, 0.25) is 5.02 Å². The average Bonchev–Trinajstić information content (AvgIpc) is 2.96. The molecule has 1 aliphatic carbocycles. The van der Waals surface area contributed by atoms with Gasteiger partial charge in [0.2, 0.25) is 0 Å². The number of benzene rings is 1. The van der Waals surface area contributed by atoms with Crippen LogP contribution in [0.1, 0.15) is 30.8 Å². The number of nitrogens with one attached hydrogen (secondary N) is 1. The van der Waals surface area contributed by atoms with E-state index in [2.05, 4.69) is 17.5 Å². The zero-order valence-corrected chi connectivity index (χ0v) is 11.4. The van der Waals surface area contributed by atoms with Gasteiger partial charge in [0.05, 0.1) is 11.9 Å². The van der Waals surface area contributed by atoms with Gasteiger partial charge in [-0.3, -0.25) is 5.43 Å². The molecule has 1 N–H and O–H groups in total. The minimum absolute atomic E-state index is 0.603. The molecule has 1 fully saturated rings. The van der Waals surface area contributed by atoms with Crippen molar-refractivity contribution in [3.63, 3.8) is 0 Å². The molecule has 1 heterocycles. The van der Waals surface area contributed by atoms with Crippen LogP contribution in [0.3, 0.4) is 0 Å². The van der Waals surface area contributed by atoms with Gasteiger partial charge in [0.1, 0.15) is 11.5 Å². The Balaban J connectivity index is 1.60. The van der Waals surface area contributed by atoms with Gasteiger partial charge in [-0.1, -0.05) is 18.5 Å². The molecular formula is C15H15ClN2O. The number of rotatable bonds is 4. The predicted molar refractivity (Wildman–Crippen MR) is 77.9 cm³/mol. The third-order valence-electron chi connectivity index (χ3n) is 3.35. The molecule has 0 unspecified atom stereocenters. The lowest BCUT2D eigenvalue weighted by molar-refractivity contribution is 0.500. The molecule has 1 aromatic carbocycles. The molecule has 19 heavy (non-hydrogen) atoms. The molecule has 0 amide bonds. The van der Waals surface area contributed by atoms with Crippen molar-refractivity contribution < 1.29 is 4.42 Å². The van der Waals surface area contributed by atoms with Crippen LogP contribution in [0.4, 0.5) is 5.69 Å². The molecule has 1 aliphatic rings. The SMILES string of the molecule is C[C@@H]1C[C@H]1c1ccc(/C=N\Nc2ccc(Cl)cc2)o1. The summed E-state index contributed by atoms with van der Waals surface area (Å²) in [5.41, 5.74) is 3.83. The predicted octanol–water partition coefficient (Wildman–Crippen LogP) is 4.50. The smallest absolute Gasteiger partial charge is 0.147 e. The van der Waals surface area contributed by atoms with E-state index in [1.165, 1.54) is 6.42 Å². The van der Waals surface area contributed by atoms with Gasteiger partial charge in [0, 0.05) is 10.9 Å². The number of hydrazone groups is 1. The molecule has 0 saturated heterocycles. The van der Waals surface area contributed by atoms with E-state index in [1.807, 2.05) is 36.4 Å². The molecule has 0 spiro atoms. The van der Waals surface area contributed by atoms with Crippen molar-refractivity contribution in [2.24, 2.45) is 11.0 Å². The molecule has 1 saturated carbocycles. The van der Waals surface area contributed by atoms with Crippen LogP contribution in [-0.4, -0.2) is 6.21 Å². The van der Waals surface area contributed by atoms with E-state index in [0.29, 0.717) is 10.9 Å². The van der Waals surface area contributed by atoms with Gasteiger partial charge in [-0.15, -0.1) is 0 Å². The van der Waals surface area contributed by atoms with E-state index in [0.717, 1.165) is 23.1 Å². The summed E-state index contributed by atoms with van der Waals surface area (Å²) in [7, 11) is 0. The van der Waals surface area contributed by atoms with Gasteiger partial charge in [-0.25, -0.2) is 0 Å². The first-order valence-corrected chi connectivity index (χ1v) is 6.74. The van der Waals surface area contributed by atoms with Crippen molar-refractivity contribution in [2.75, 3.05) is 5.43 Å². The van der Waals surface area contributed by atoms with Gasteiger partial charge >= 0.3 is 0 Å². The van der Waals surface area contributed by atoms with E-state index in [-0.39, 0.29) is 0 Å². The van der Waals surface area contributed by atoms with Crippen molar-refractivity contribution in [3.8, 4) is 0 Å². The molecule has 3 rings (SSSR count). The Kier molecular flexibility index (Phi) is 3.30. The number of nitrogens with zero attached hydrogens (tertiary/aromatic N) is 1. The summed E-state index contributed by atoms with van der Waals surface area (Å²) >= 11 is 5.81. The number of halogens is 1. The molecule has 0 aliphatic heterocycles. The molecule has 3 nitrogen and oxygen atoms in total. The zero-order chi connectivity index (χ0) is 13.2. The fraction of sp³-hybridized carbons (Fsp3) is 0.267. The Bertz CT molecular complexity index is 588. The standard InChI is InChI=1S/C15H15ClN2O/c1-10-8-14(10)15-7-6-13(19-15)9-17-18-12-4-2-11(16)3-5-12/h2-7,9-10,14,18H,8H2,1H3/b17-9-/t10-,14-/m1/s1. The molecule has 0 bridgehead atoms. The lowest BCUT2D eigenvalue weighted by Crippen LogP contribution is -1.89. The summed E-state index contributed by atoms with van der Waals surface area (Å²) in [5.74, 6) is 3.20. The second-order valence-corrected chi connectivity index (χ2v) is 5.37. The highest BCUT2D eigenvalue weighted by molar-refractivity contribution is 6.30. The summed E-state index contributed by atoms with van der Waals surface area (Å²) in [4.78, 5) is 0. The summed E-state index contributed by atoms with van der Waals surface area (Å²) in [6, 6.07) is 11.4. The topological polar surface area (TPSA) is 37.5 Å². The first-order valence-electron chi connectivity index (χ1n) is 6.37. The first-order chi connectivity index (χ1) is 9.22.